The highest BCUT2D eigenvalue weighted by Crippen LogP contribution is 2.58. The van der Waals surface area contributed by atoms with Gasteiger partial charge in [-0.05, 0) is 56.3 Å². The fourth-order valence-electron chi connectivity index (χ4n) is 5.37. The summed E-state index contributed by atoms with van der Waals surface area (Å²) in [6, 6.07) is 0. The van der Waals surface area contributed by atoms with E-state index in [1.165, 1.54) is 19.3 Å². The molecule has 0 amide bonds. The minimum atomic E-state index is 0.524. The van der Waals surface area contributed by atoms with Crippen LogP contribution in [0.1, 0.15) is 38.5 Å². The van der Waals surface area contributed by atoms with Gasteiger partial charge in [0.25, 0.3) is 0 Å². The van der Waals surface area contributed by atoms with Crippen molar-refractivity contribution in [1.29, 1.82) is 0 Å². The molecule has 4 saturated carbocycles. The van der Waals surface area contributed by atoms with Gasteiger partial charge in [-0.2, -0.15) is 0 Å². The average Bonchev–Trinajstić information content (AvgIpc) is 2.62. The van der Waals surface area contributed by atoms with Crippen LogP contribution in [-0.2, 0) is 0 Å². The summed E-state index contributed by atoms with van der Waals surface area (Å²) in [4.78, 5) is 0. The second kappa shape index (κ2) is 3.04. The van der Waals surface area contributed by atoms with Crippen LogP contribution in [0.2, 0.25) is 0 Å². The van der Waals surface area contributed by atoms with E-state index in [0.717, 1.165) is 24.3 Å². The first-order valence-corrected chi connectivity index (χ1v) is 6.92. The Hall–Kier alpha value is -0.500. The van der Waals surface area contributed by atoms with Crippen LogP contribution >= 0.6 is 0 Å². The SMILES string of the molecule is CN1CC=CN1C12CC3CC(CC(C3)C1)C2. The van der Waals surface area contributed by atoms with Crippen LogP contribution in [0, 0.1) is 17.8 Å². The lowest BCUT2D eigenvalue weighted by molar-refractivity contribution is -0.134. The molecule has 1 heterocycles. The Morgan fingerprint density at radius 2 is 1.56 bits per heavy atom. The minimum Gasteiger partial charge on any atom is -0.307 e. The van der Waals surface area contributed by atoms with E-state index in [1.807, 2.05) is 0 Å². The highest BCUT2D eigenvalue weighted by atomic mass is 15.6. The van der Waals surface area contributed by atoms with Crippen LogP contribution in [-0.4, -0.2) is 29.1 Å². The fraction of sp³-hybridized carbons (Fsp3) is 0.857. The van der Waals surface area contributed by atoms with Crippen LogP contribution < -0.4 is 0 Å². The van der Waals surface area contributed by atoms with Gasteiger partial charge in [-0.15, -0.1) is 0 Å². The van der Waals surface area contributed by atoms with Crippen LogP contribution in [0.4, 0.5) is 0 Å². The molecule has 2 nitrogen and oxygen atoms in total. The van der Waals surface area contributed by atoms with E-state index in [2.05, 4.69) is 29.3 Å². The zero-order valence-corrected chi connectivity index (χ0v) is 10.2. The molecule has 4 bridgehead atoms. The summed E-state index contributed by atoms with van der Waals surface area (Å²) in [5.41, 5.74) is 0.524. The zero-order chi connectivity index (χ0) is 10.8. The van der Waals surface area contributed by atoms with Gasteiger partial charge >= 0.3 is 0 Å². The molecule has 0 unspecified atom stereocenters. The standard InChI is InChI=1S/C14H22N2/c1-15-3-2-4-16(15)14-8-11-5-12(9-14)7-13(6-11)10-14/h2,4,11-13H,3,5-10H2,1H3. The second-order valence-electron chi connectivity index (χ2n) is 6.71. The van der Waals surface area contributed by atoms with Crippen LogP contribution in [0.5, 0.6) is 0 Å². The van der Waals surface area contributed by atoms with E-state index in [1.54, 1.807) is 19.3 Å². The lowest BCUT2D eigenvalue weighted by Gasteiger charge is -2.60. The molecule has 0 atom stereocenters. The maximum absolute atomic E-state index is 2.59. The van der Waals surface area contributed by atoms with Crippen molar-refractivity contribution in [3.05, 3.63) is 12.3 Å². The molecule has 2 heteroatoms. The number of nitrogens with zero attached hydrogens (tertiary/aromatic N) is 2. The van der Waals surface area contributed by atoms with Gasteiger partial charge in [0.1, 0.15) is 0 Å². The number of rotatable bonds is 1. The van der Waals surface area contributed by atoms with Crippen LogP contribution in [0.3, 0.4) is 0 Å². The third-order valence-corrected chi connectivity index (χ3v) is 5.48. The number of hydrazine groups is 1. The first kappa shape index (κ1) is 9.52. The van der Waals surface area contributed by atoms with Crippen molar-refractivity contribution >= 4 is 0 Å². The average molecular weight is 218 g/mol. The Balaban J connectivity index is 1.68. The molecule has 1 aliphatic heterocycles. The third-order valence-electron chi connectivity index (χ3n) is 5.48. The first-order chi connectivity index (χ1) is 7.75. The normalized spacial score (nSPS) is 50.6. The van der Waals surface area contributed by atoms with Crippen molar-refractivity contribution in [2.75, 3.05) is 13.6 Å². The van der Waals surface area contributed by atoms with E-state index in [4.69, 9.17) is 0 Å². The first-order valence-electron chi connectivity index (χ1n) is 6.92. The van der Waals surface area contributed by atoms with E-state index in [-0.39, 0.29) is 0 Å². The molecule has 0 radical (unpaired) electrons. The molecule has 0 saturated heterocycles. The Labute approximate surface area is 98.3 Å². The summed E-state index contributed by atoms with van der Waals surface area (Å²) in [6.45, 7) is 1.11. The molecular formula is C14H22N2. The monoisotopic (exact) mass is 218 g/mol. The lowest BCUT2D eigenvalue weighted by atomic mass is 9.53. The second-order valence-corrected chi connectivity index (χ2v) is 6.71. The highest BCUT2D eigenvalue weighted by molar-refractivity contribution is 5.10. The van der Waals surface area contributed by atoms with Crippen molar-refractivity contribution in [2.24, 2.45) is 17.8 Å². The molecule has 0 N–H and O–H groups in total. The molecule has 16 heavy (non-hydrogen) atoms. The molecule has 0 aromatic carbocycles. The maximum atomic E-state index is 2.59. The Morgan fingerprint density at radius 3 is 2.00 bits per heavy atom. The summed E-state index contributed by atoms with van der Waals surface area (Å²) in [5, 5.41) is 5.02. The van der Waals surface area contributed by atoms with Gasteiger partial charge in [-0.3, -0.25) is 0 Å². The van der Waals surface area contributed by atoms with Crippen LogP contribution in [0.25, 0.3) is 0 Å². The Kier molecular flexibility index (Phi) is 1.81. The van der Waals surface area contributed by atoms with Gasteiger partial charge in [-0.1, -0.05) is 6.08 Å². The molecule has 0 aromatic rings. The smallest absolute Gasteiger partial charge is 0.0567 e. The summed E-state index contributed by atoms with van der Waals surface area (Å²) >= 11 is 0. The van der Waals surface area contributed by atoms with Gasteiger partial charge in [0, 0.05) is 19.8 Å². The molecular weight excluding hydrogens is 196 g/mol. The molecule has 0 spiro atoms. The zero-order valence-electron chi connectivity index (χ0n) is 10.2. The van der Waals surface area contributed by atoms with E-state index < -0.39 is 0 Å². The Bertz CT molecular complexity index is 298. The maximum Gasteiger partial charge on any atom is 0.0567 e. The molecule has 5 rings (SSSR count). The Morgan fingerprint density at radius 1 is 1.00 bits per heavy atom. The highest BCUT2D eigenvalue weighted by Gasteiger charge is 2.54. The van der Waals surface area contributed by atoms with Crippen molar-refractivity contribution in [2.45, 2.75) is 44.1 Å². The van der Waals surface area contributed by atoms with Crippen molar-refractivity contribution in [3.8, 4) is 0 Å². The third kappa shape index (κ3) is 1.17. The molecule has 4 fully saturated rings. The number of likely N-dealkylation sites (N-methyl/N-ethyl adjacent to an activating group) is 1. The molecule has 5 aliphatic rings. The van der Waals surface area contributed by atoms with Gasteiger partial charge < -0.3 is 5.01 Å². The summed E-state index contributed by atoms with van der Waals surface area (Å²) in [5.74, 6) is 3.15. The van der Waals surface area contributed by atoms with Gasteiger partial charge in [0.15, 0.2) is 0 Å². The minimum absolute atomic E-state index is 0.524. The predicted molar refractivity (Wildman–Crippen MR) is 64.5 cm³/mol. The van der Waals surface area contributed by atoms with E-state index >= 15 is 0 Å². The quantitative estimate of drug-likeness (QED) is 0.667. The van der Waals surface area contributed by atoms with Crippen molar-refractivity contribution in [3.63, 3.8) is 0 Å². The topological polar surface area (TPSA) is 6.48 Å². The number of hydrogen-bond acceptors (Lipinski definition) is 2. The molecule has 88 valence electrons. The van der Waals surface area contributed by atoms with Crippen molar-refractivity contribution in [1.82, 2.24) is 10.0 Å². The van der Waals surface area contributed by atoms with E-state index in [9.17, 15) is 0 Å². The summed E-state index contributed by atoms with van der Waals surface area (Å²) < 4.78 is 0. The summed E-state index contributed by atoms with van der Waals surface area (Å²) in [6.07, 6.45) is 13.7. The largest absolute Gasteiger partial charge is 0.307 e. The molecule has 0 aromatic heterocycles. The fourth-order valence-corrected chi connectivity index (χ4v) is 5.37. The van der Waals surface area contributed by atoms with Gasteiger partial charge in [0.05, 0.1) is 5.54 Å². The van der Waals surface area contributed by atoms with E-state index in [0.29, 0.717) is 5.54 Å². The van der Waals surface area contributed by atoms with Crippen molar-refractivity contribution < 1.29 is 0 Å². The lowest BCUT2D eigenvalue weighted by Crippen LogP contribution is -2.60. The summed E-state index contributed by atoms with van der Waals surface area (Å²) in [7, 11) is 2.25. The molecule has 4 aliphatic carbocycles. The van der Waals surface area contributed by atoms with Gasteiger partial charge in [-0.25, -0.2) is 5.01 Å². The predicted octanol–water partition coefficient (Wildman–Crippen LogP) is 2.63. The number of hydrogen-bond donors (Lipinski definition) is 0. The van der Waals surface area contributed by atoms with Gasteiger partial charge in [0.2, 0.25) is 0 Å². The van der Waals surface area contributed by atoms with Crippen LogP contribution in [0.15, 0.2) is 12.3 Å².